The summed E-state index contributed by atoms with van der Waals surface area (Å²) < 4.78 is 18.4. The van der Waals surface area contributed by atoms with Crippen molar-refractivity contribution >= 4 is 0 Å². The third-order valence-electron chi connectivity index (χ3n) is 2.61. The Kier molecular flexibility index (Phi) is 3.54. The molecule has 0 radical (unpaired) electrons. The summed E-state index contributed by atoms with van der Waals surface area (Å²) in [6, 6.07) is 6.44. The van der Waals surface area contributed by atoms with Crippen molar-refractivity contribution in [1.29, 1.82) is 0 Å². The van der Waals surface area contributed by atoms with E-state index in [0.29, 0.717) is 13.0 Å². The molecule has 0 spiro atoms. The van der Waals surface area contributed by atoms with Crippen LogP contribution in [0.25, 0.3) is 0 Å². The summed E-state index contributed by atoms with van der Waals surface area (Å²) in [6.45, 7) is 0.705. The van der Waals surface area contributed by atoms with E-state index in [9.17, 15) is 4.39 Å². The van der Waals surface area contributed by atoms with Gasteiger partial charge in [-0.05, 0) is 30.2 Å². The Morgan fingerprint density at radius 2 is 2.38 bits per heavy atom. The van der Waals surface area contributed by atoms with Crippen molar-refractivity contribution in [2.75, 3.05) is 6.61 Å². The first-order chi connectivity index (χ1) is 7.79. The van der Waals surface area contributed by atoms with E-state index < -0.39 is 0 Å². The highest BCUT2D eigenvalue weighted by Crippen LogP contribution is 2.17. The molecule has 1 heterocycles. The van der Waals surface area contributed by atoms with Crippen LogP contribution >= 0.6 is 0 Å². The van der Waals surface area contributed by atoms with E-state index in [4.69, 9.17) is 10.6 Å². The second-order valence-electron chi connectivity index (χ2n) is 3.80. The van der Waals surface area contributed by atoms with Crippen LogP contribution in [0, 0.1) is 5.82 Å². The average molecular weight is 222 g/mol. The van der Waals surface area contributed by atoms with Crippen LogP contribution in [-0.2, 0) is 11.2 Å². The van der Waals surface area contributed by atoms with Crippen molar-refractivity contribution in [3.8, 4) is 0 Å². The number of nitrogens with one attached hydrogen (secondary N) is 1. The van der Waals surface area contributed by atoms with Crippen molar-refractivity contribution in [3.05, 3.63) is 47.5 Å². The third kappa shape index (κ3) is 2.59. The quantitative estimate of drug-likeness (QED) is 0.599. The van der Waals surface area contributed by atoms with Crippen molar-refractivity contribution < 1.29 is 9.13 Å². The fraction of sp³-hybridized carbons (Fsp3) is 0.333. The molecule has 1 aliphatic heterocycles. The van der Waals surface area contributed by atoms with E-state index in [1.165, 1.54) is 12.1 Å². The fourth-order valence-electron chi connectivity index (χ4n) is 1.82. The van der Waals surface area contributed by atoms with E-state index in [1.54, 1.807) is 6.07 Å². The molecule has 1 aromatic carbocycles. The highest BCUT2D eigenvalue weighted by Gasteiger charge is 2.17. The van der Waals surface area contributed by atoms with Crippen molar-refractivity contribution in [1.82, 2.24) is 5.43 Å². The number of rotatable bonds is 4. The maximum Gasteiger partial charge on any atom is 0.123 e. The van der Waals surface area contributed by atoms with Crippen molar-refractivity contribution in [2.45, 2.75) is 18.9 Å². The molecule has 3 N–H and O–H groups in total. The second-order valence-corrected chi connectivity index (χ2v) is 3.80. The summed E-state index contributed by atoms with van der Waals surface area (Å²) in [5.74, 6) is 6.10. The summed E-state index contributed by atoms with van der Waals surface area (Å²) in [7, 11) is 0. The van der Waals surface area contributed by atoms with Gasteiger partial charge in [-0.25, -0.2) is 9.82 Å². The zero-order chi connectivity index (χ0) is 11.4. The molecule has 16 heavy (non-hydrogen) atoms. The molecule has 0 aromatic heterocycles. The number of hydrogen-bond acceptors (Lipinski definition) is 3. The lowest BCUT2D eigenvalue weighted by Crippen LogP contribution is -2.38. The zero-order valence-corrected chi connectivity index (χ0v) is 8.95. The van der Waals surface area contributed by atoms with Crippen LogP contribution in [0.3, 0.4) is 0 Å². The van der Waals surface area contributed by atoms with Crippen molar-refractivity contribution in [3.63, 3.8) is 0 Å². The lowest BCUT2D eigenvalue weighted by atomic mass is 10.0. The van der Waals surface area contributed by atoms with Crippen LogP contribution in [-0.4, -0.2) is 12.6 Å². The monoisotopic (exact) mass is 222 g/mol. The minimum atomic E-state index is -0.227. The molecule has 2 rings (SSSR count). The lowest BCUT2D eigenvalue weighted by Gasteiger charge is -2.17. The van der Waals surface area contributed by atoms with Gasteiger partial charge in [-0.15, -0.1) is 0 Å². The molecule has 0 saturated carbocycles. The SMILES string of the molecule is NNC(Cc1cccc(F)c1)C1=CCCO1. The first-order valence-corrected chi connectivity index (χ1v) is 5.33. The number of halogens is 1. The zero-order valence-electron chi connectivity index (χ0n) is 8.95. The molecule has 0 bridgehead atoms. The van der Waals surface area contributed by atoms with Crippen LogP contribution in [0.15, 0.2) is 36.1 Å². The Hall–Kier alpha value is -1.39. The number of hydrogen-bond donors (Lipinski definition) is 2. The molecule has 1 aromatic rings. The lowest BCUT2D eigenvalue weighted by molar-refractivity contribution is 0.214. The topological polar surface area (TPSA) is 47.3 Å². The Morgan fingerprint density at radius 3 is 3.00 bits per heavy atom. The van der Waals surface area contributed by atoms with Gasteiger partial charge in [-0.1, -0.05) is 12.1 Å². The van der Waals surface area contributed by atoms with Gasteiger partial charge in [0.25, 0.3) is 0 Å². The molecular formula is C12H15FN2O. The predicted molar refractivity (Wildman–Crippen MR) is 59.9 cm³/mol. The van der Waals surface area contributed by atoms with E-state index in [0.717, 1.165) is 17.7 Å². The number of hydrazine groups is 1. The van der Waals surface area contributed by atoms with Gasteiger partial charge in [-0.2, -0.15) is 0 Å². The molecule has 0 saturated heterocycles. The van der Waals surface area contributed by atoms with Gasteiger partial charge in [0, 0.05) is 6.42 Å². The maximum absolute atomic E-state index is 13.0. The van der Waals surface area contributed by atoms with Crippen LogP contribution in [0.2, 0.25) is 0 Å². The summed E-state index contributed by atoms with van der Waals surface area (Å²) in [4.78, 5) is 0. The fourth-order valence-corrected chi connectivity index (χ4v) is 1.82. The molecular weight excluding hydrogens is 207 g/mol. The normalized spacial score (nSPS) is 16.8. The maximum atomic E-state index is 13.0. The summed E-state index contributed by atoms with van der Waals surface area (Å²) in [5.41, 5.74) is 3.60. The third-order valence-corrected chi connectivity index (χ3v) is 2.61. The largest absolute Gasteiger partial charge is 0.496 e. The smallest absolute Gasteiger partial charge is 0.123 e. The van der Waals surface area contributed by atoms with Gasteiger partial charge in [0.1, 0.15) is 11.6 Å². The van der Waals surface area contributed by atoms with Gasteiger partial charge in [-0.3, -0.25) is 5.84 Å². The Bertz CT molecular complexity index is 392. The minimum absolute atomic E-state index is 0.0794. The van der Waals surface area contributed by atoms with Crippen LogP contribution in [0.1, 0.15) is 12.0 Å². The molecule has 4 heteroatoms. The predicted octanol–water partition coefficient (Wildman–Crippen LogP) is 1.50. The van der Waals surface area contributed by atoms with Gasteiger partial charge >= 0.3 is 0 Å². The van der Waals surface area contributed by atoms with Crippen molar-refractivity contribution in [2.24, 2.45) is 5.84 Å². The van der Waals surface area contributed by atoms with Crippen LogP contribution in [0.5, 0.6) is 0 Å². The summed E-state index contributed by atoms with van der Waals surface area (Å²) in [5, 5.41) is 0. The summed E-state index contributed by atoms with van der Waals surface area (Å²) in [6.07, 6.45) is 3.56. The standard InChI is InChI=1S/C12H15FN2O/c13-10-4-1-3-9(7-10)8-11(15-14)12-5-2-6-16-12/h1,3-5,7,11,15H,2,6,8,14H2. The molecule has 0 fully saturated rings. The number of nitrogens with two attached hydrogens (primary N) is 1. The van der Waals surface area contributed by atoms with Crippen LogP contribution < -0.4 is 11.3 Å². The van der Waals surface area contributed by atoms with Gasteiger partial charge in [0.15, 0.2) is 0 Å². The summed E-state index contributed by atoms with van der Waals surface area (Å²) >= 11 is 0. The highest BCUT2D eigenvalue weighted by molar-refractivity contribution is 5.20. The number of ether oxygens (including phenoxy) is 1. The molecule has 0 aliphatic carbocycles. The molecule has 1 atom stereocenters. The Labute approximate surface area is 94.1 Å². The van der Waals surface area contributed by atoms with E-state index in [2.05, 4.69) is 5.43 Å². The van der Waals surface area contributed by atoms with E-state index in [1.807, 2.05) is 12.1 Å². The van der Waals surface area contributed by atoms with Gasteiger partial charge < -0.3 is 4.74 Å². The van der Waals surface area contributed by atoms with E-state index in [-0.39, 0.29) is 11.9 Å². The molecule has 1 unspecified atom stereocenters. The van der Waals surface area contributed by atoms with Gasteiger partial charge in [0.2, 0.25) is 0 Å². The van der Waals surface area contributed by atoms with Crippen LogP contribution in [0.4, 0.5) is 4.39 Å². The molecule has 0 amide bonds. The molecule has 1 aliphatic rings. The second kappa shape index (κ2) is 5.09. The minimum Gasteiger partial charge on any atom is -0.496 e. The average Bonchev–Trinajstić information content (AvgIpc) is 2.79. The van der Waals surface area contributed by atoms with E-state index >= 15 is 0 Å². The Morgan fingerprint density at radius 1 is 1.50 bits per heavy atom. The first kappa shape index (κ1) is 11.1. The van der Waals surface area contributed by atoms with Gasteiger partial charge in [0.05, 0.1) is 12.6 Å². The first-order valence-electron chi connectivity index (χ1n) is 5.33. The molecule has 86 valence electrons. The Balaban J connectivity index is 2.06. The molecule has 3 nitrogen and oxygen atoms in total. The number of benzene rings is 1. The highest BCUT2D eigenvalue weighted by atomic mass is 19.1.